The number of amides is 1. The standard InChI is InChI=1S/C23H21NO5/c1-14-10-11-21(29-14)20(12-22(25)26)24-23(27)28-13-19-17-8-4-2-6-15(17)16-7-3-5-9-18(16)19/h2-11,19-20H,12-13H2,1H3,(H,24,27)(H,25,26)/t20-/m1/s1. The molecule has 0 saturated heterocycles. The fraction of sp³-hybridized carbons (Fsp3) is 0.217. The van der Waals surface area contributed by atoms with Crippen molar-refractivity contribution < 1.29 is 23.8 Å². The minimum absolute atomic E-state index is 0.0584. The summed E-state index contributed by atoms with van der Waals surface area (Å²) in [7, 11) is 0. The van der Waals surface area contributed by atoms with Crippen LogP contribution in [0.2, 0.25) is 0 Å². The fourth-order valence-corrected chi connectivity index (χ4v) is 3.82. The average Bonchev–Trinajstić information content (AvgIpc) is 3.27. The van der Waals surface area contributed by atoms with E-state index in [1.165, 1.54) is 0 Å². The molecule has 148 valence electrons. The first kappa shape index (κ1) is 18.8. The number of aliphatic carboxylic acids is 1. The normalized spacial score (nSPS) is 13.4. The highest BCUT2D eigenvalue weighted by Gasteiger charge is 2.29. The van der Waals surface area contributed by atoms with Crippen LogP contribution in [0.25, 0.3) is 11.1 Å². The van der Waals surface area contributed by atoms with E-state index in [2.05, 4.69) is 17.4 Å². The molecular weight excluding hydrogens is 370 g/mol. The van der Waals surface area contributed by atoms with E-state index in [9.17, 15) is 9.59 Å². The first-order valence-electron chi connectivity index (χ1n) is 9.42. The summed E-state index contributed by atoms with van der Waals surface area (Å²) in [5, 5.41) is 11.8. The van der Waals surface area contributed by atoms with Gasteiger partial charge in [-0.3, -0.25) is 4.79 Å². The third kappa shape index (κ3) is 3.87. The molecule has 1 aliphatic rings. The number of hydrogen-bond acceptors (Lipinski definition) is 4. The molecule has 0 aliphatic heterocycles. The number of carbonyl (C=O) groups excluding carboxylic acids is 1. The van der Waals surface area contributed by atoms with Crippen LogP contribution in [0.4, 0.5) is 4.79 Å². The first-order chi connectivity index (χ1) is 14.0. The molecule has 1 atom stereocenters. The number of carboxylic acid groups (broad SMARTS) is 1. The summed E-state index contributed by atoms with van der Waals surface area (Å²) in [6.07, 6.45) is -0.968. The van der Waals surface area contributed by atoms with Gasteiger partial charge in [0, 0.05) is 5.92 Å². The van der Waals surface area contributed by atoms with Crippen molar-refractivity contribution in [2.24, 2.45) is 0 Å². The maximum atomic E-state index is 12.4. The molecule has 0 unspecified atom stereocenters. The number of fused-ring (bicyclic) bond motifs is 3. The molecule has 2 aromatic carbocycles. The zero-order valence-corrected chi connectivity index (χ0v) is 15.9. The Morgan fingerprint density at radius 1 is 1.03 bits per heavy atom. The summed E-state index contributed by atoms with van der Waals surface area (Å²) in [5.74, 6) is -0.0666. The molecule has 1 aliphatic carbocycles. The molecule has 29 heavy (non-hydrogen) atoms. The third-order valence-corrected chi connectivity index (χ3v) is 5.12. The highest BCUT2D eigenvalue weighted by molar-refractivity contribution is 5.79. The molecule has 0 spiro atoms. The number of aryl methyl sites for hydroxylation is 1. The van der Waals surface area contributed by atoms with Gasteiger partial charge in [-0.15, -0.1) is 0 Å². The van der Waals surface area contributed by atoms with Crippen molar-refractivity contribution in [3.63, 3.8) is 0 Å². The number of hydrogen-bond donors (Lipinski definition) is 2. The zero-order chi connectivity index (χ0) is 20.4. The number of rotatable bonds is 6. The maximum absolute atomic E-state index is 12.4. The van der Waals surface area contributed by atoms with Crippen LogP contribution in [-0.4, -0.2) is 23.8 Å². The molecule has 0 saturated carbocycles. The lowest BCUT2D eigenvalue weighted by Gasteiger charge is -2.17. The van der Waals surface area contributed by atoms with Crippen LogP contribution in [0.15, 0.2) is 65.1 Å². The van der Waals surface area contributed by atoms with Crippen LogP contribution >= 0.6 is 0 Å². The summed E-state index contributed by atoms with van der Waals surface area (Å²) < 4.78 is 11.0. The molecule has 0 fully saturated rings. The predicted molar refractivity (Wildman–Crippen MR) is 107 cm³/mol. The van der Waals surface area contributed by atoms with Crippen LogP contribution in [0.3, 0.4) is 0 Å². The van der Waals surface area contributed by atoms with Gasteiger partial charge in [0.15, 0.2) is 0 Å². The van der Waals surface area contributed by atoms with Crippen molar-refractivity contribution in [2.75, 3.05) is 6.61 Å². The van der Waals surface area contributed by atoms with E-state index < -0.39 is 18.1 Å². The summed E-state index contributed by atoms with van der Waals surface area (Å²) in [6.45, 7) is 1.92. The number of nitrogens with one attached hydrogen (secondary N) is 1. The molecule has 1 aromatic heterocycles. The number of benzene rings is 2. The number of carbonyl (C=O) groups is 2. The second-order valence-electron chi connectivity index (χ2n) is 7.07. The molecule has 6 heteroatoms. The van der Waals surface area contributed by atoms with E-state index >= 15 is 0 Å². The van der Waals surface area contributed by atoms with E-state index in [-0.39, 0.29) is 18.9 Å². The average molecular weight is 391 g/mol. The molecule has 4 rings (SSSR count). The Balaban J connectivity index is 1.47. The number of carboxylic acids is 1. The van der Waals surface area contributed by atoms with E-state index in [0.717, 1.165) is 22.3 Å². The molecule has 1 heterocycles. The molecule has 3 aromatic rings. The van der Waals surface area contributed by atoms with Crippen molar-refractivity contribution in [2.45, 2.75) is 25.3 Å². The summed E-state index contributed by atoms with van der Waals surface area (Å²) in [4.78, 5) is 23.6. The number of ether oxygens (including phenoxy) is 1. The van der Waals surface area contributed by atoms with Gasteiger partial charge in [-0.2, -0.15) is 0 Å². The van der Waals surface area contributed by atoms with Crippen LogP contribution in [-0.2, 0) is 9.53 Å². The minimum Gasteiger partial charge on any atom is -0.481 e. The van der Waals surface area contributed by atoms with Gasteiger partial charge in [0.2, 0.25) is 0 Å². The van der Waals surface area contributed by atoms with Gasteiger partial charge < -0.3 is 19.6 Å². The highest BCUT2D eigenvalue weighted by atomic mass is 16.5. The first-order valence-corrected chi connectivity index (χ1v) is 9.42. The minimum atomic E-state index is -1.04. The summed E-state index contributed by atoms with van der Waals surface area (Å²) in [5.41, 5.74) is 4.52. The van der Waals surface area contributed by atoms with Crippen LogP contribution in [0, 0.1) is 6.92 Å². The molecule has 6 nitrogen and oxygen atoms in total. The smallest absolute Gasteiger partial charge is 0.407 e. The van der Waals surface area contributed by atoms with E-state index in [0.29, 0.717) is 11.5 Å². The largest absolute Gasteiger partial charge is 0.481 e. The topological polar surface area (TPSA) is 88.8 Å². The van der Waals surface area contributed by atoms with Crippen molar-refractivity contribution in [1.29, 1.82) is 0 Å². The lowest BCUT2D eigenvalue weighted by Crippen LogP contribution is -2.31. The number of furan rings is 1. The van der Waals surface area contributed by atoms with Crippen molar-refractivity contribution in [3.8, 4) is 11.1 Å². The highest BCUT2D eigenvalue weighted by Crippen LogP contribution is 2.44. The lowest BCUT2D eigenvalue weighted by atomic mass is 9.98. The second-order valence-corrected chi connectivity index (χ2v) is 7.07. The maximum Gasteiger partial charge on any atom is 0.407 e. The third-order valence-electron chi connectivity index (χ3n) is 5.12. The van der Waals surface area contributed by atoms with Crippen molar-refractivity contribution in [1.82, 2.24) is 5.32 Å². The number of alkyl carbamates (subject to hydrolysis) is 1. The fourth-order valence-electron chi connectivity index (χ4n) is 3.82. The second kappa shape index (κ2) is 7.83. The Morgan fingerprint density at radius 3 is 2.21 bits per heavy atom. The van der Waals surface area contributed by atoms with Crippen molar-refractivity contribution >= 4 is 12.1 Å². The molecule has 0 bridgehead atoms. The van der Waals surface area contributed by atoms with E-state index in [1.807, 2.05) is 36.4 Å². The Labute approximate surface area is 168 Å². The van der Waals surface area contributed by atoms with Crippen LogP contribution in [0.1, 0.15) is 41.0 Å². The summed E-state index contributed by atoms with van der Waals surface area (Å²) >= 11 is 0. The van der Waals surface area contributed by atoms with Crippen LogP contribution in [0.5, 0.6) is 0 Å². The lowest BCUT2D eigenvalue weighted by molar-refractivity contribution is -0.137. The molecule has 0 radical (unpaired) electrons. The van der Waals surface area contributed by atoms with Gasteiger partial charge >= 0.3 is 12.1 Å². The van der Waals surface area contributed by atoms with Gasteiger partial charge in [-0.05, 0) is 41.3 Å². The monoisotopic (exact) mass is 391 g/mol. The molecule has 2 N–H and O–H groups in total. The van der Waals surface area contributed by atoms with E-state index in [4.69, 9.17) is 14.3 Å². The quantitative estimate of drug-likeness (QED) is 0.639. The Hall–Kier alpha value is -3.54. The van der Waals surface area contributed by atoms with Gasteiger partial charge in [-0.25, -0.2) is 4.79 Å². The van der Waals surface area contributed by atoms with Gasteiger partial charge in [0.1, 0.15) is 24.2 Å². The van der Waals surface area contributed by atoms with E-state index in [1.54, 1.807) is 19.1 Å². The van der Waals surface area contributed by atoms with Gasteiger partial charge in [0.05, 0.1) is 6.42 Å². The van der Waals surface area contributed by atoms with Crippen LogP contribution < -0.4 is 5.32 Å². The molecule has 1 amide bonds. The Morgan fingerprint density at radius 2 is 1.66 bits per heavy atom. The molecular formula is C23H21NO5. The summed E-state index contributed by atoms with van der Waals surface area (Å²) in [6, 6.07) is 18.7. The van der Waals surface area contributed by atoms with Gasteiger partial charge in [0.25, 0.3) is 0 Å². The van der Waals surface area contributed by atoms with Crippen molar-refractivity contribution in [3.05, 3.63) is 83.3 Å². The van der Waals surface area contributed by atoms with Gasteiger partial charge in [-0.1, -0.05) is 48.5 Å². The Kier molecular flexibility index (Phi) is 5.08. The SMILES string of the molecule is Cc1ccc([C@@H](CC(=O)O)NC(=O)OCC2c3ccccc3-c3ccccc32)o1. The Bertz CT molecular complexity index is 1010. The predicted octanol–water partition coefficient (Wildman–Crippen LogP) is 4.64. The zero-order valence-electron chi connectivity index (χ0n) is 15.9.